The summed E-state index contributed by atoms with van der Waals surface area (Å²) in [6.07, 6.45) is 0.625. The van der Waals surface area contributed by atoms with Gasteiger partial charge in [0.25, 0.3) is 0 Å². The fourth-order valence-corrected chi connectivity index (χ4v) is 2.78. The van der Waals surface area contributed by atoms with Gasteiger partial charge < -0.3 is 0 Å². The molecule has 0 heterocycles. The van der Waals surface area contributed by atoms with Crippen LogP contribution in [0.2, 0.25) is 0 Å². The molecule has 0 aromatic heterocycles. The molecule has 0 radical (unpaired) electrons. The van der Waals surface area contributed by atoms with Gasteiger partial charge in [0.15, 0.2) is 0 Å². The Kier molecular flexibility index (Phi) is 5.66. The van der Waals surface area contributed by atoms with E-state index in [-0.39, 0.29) is 10.4 Å². The molecule has 0 saturated heterocycles. The van der Waals surface area contributed by atoms with Gasteiger partial charge in [-0.05, 0) is 6.92 Å². The van der Waals surface area contributed by atoms with Crippen molar-refractivity contribution < 1.29 is 4.79 Å². The minimum Gasteiger partial charge on any atom is -0.260 e. The Balaban J connectivity index is 4.13. The lowest BCUT2D eigenvalue weighted by Gasteiger charge is -2.04. The van der Waals surface area contributed by atoms with E-state index in [0.29, 0.717) is 11.5 Å². The summed E-state index contributed by atoms with van der Waals surface area (Å²) in [6.45, 7) is 5.45. The highest BCUT2D eigenvalue weighted by atomic mass is 32.2. The fourth-order valence-electron chi connectivity index (χ4n) is 0.920. The molecule has 2 nitrogen and oxygen atoms in total. The van der Waals surface area contributed by atoms with E-state index >= 15 is 0 Å². The number of nitrogens with one attached hydrogen (secondary N) is 1. The van der Waals surface area contributed by atoms with E-state index in [1.165, 1.54) is 0 Å². The van der Waals surface area contributed by atoms with Gasteiger partial charge in [0.1, 0.15) is 16.6 Å². The third-order valence-electron chi connectivity index (χ3n) is 1.41. The van der Waals surface area contributed by atoms with Crippen molar-refractivity contribution >= 4 is 33.7 Å². The van der Waals surface area contributed by atoms with E-state index in [4.69, 9.17) is 5.41 Å². The van der Waals surface area contributed by atoms with Gasteiger partial charge in [0, 0.05) is 18.6 Å². The normalized spacial score (nSPS) is 15.3. The molecule has 0 aliphatic carbocycles. The maximum absolute atomic E-state index is 11.0. The van der Waals surface area contributed by atoms with Crippen molar-refractivity contribution in [3.05, 3.63) is 0 Å². The first-order valence-electron chi connectivity index (χ1n) is 3.96. The second-order valence-electron chi connectivity index (χ2n) is 2.65. The Morgan fingerprint density at radius 1 is 1.67 bits per heavy atom. The van der Waals surface area contributed by atoms with Gasteiger partial charge in [0.05, 0.1) is 0 Å². The van der Waals surface area contributed by atoms with Gasteiger partial charge in [-0.2, -0.15) is 12.6 Å². The second kappa shape index (κ2) is 5.65. The average molecular weight is 206 g/mol. The largest absolute Gasteiger partial charge is 0.334 e. The topological polar surface area (TPSA) is 40.9 Å². The Morgan fingerprint density at radius 3 is 2.42 bits per heavy atom. The van der Waals surface area contributed by atoms with E-state index in [1.807, 2.05) is 13.8 Å². The summed E-state index contributed by atoms with van der Waals surface area (Å²) in [5.74, 6) is 0.759. The molecule has 0 aromatic rings. The molecule has 2 unspecified atom stereocenters. The van der Waals surface area contributed by atoms with Crippen LogP contribution in [0.4, 0.5) is 0 Å². The molecule has 0 fully saturated rings. The molecular formula is C8H16NOS2+. The number of hydrogen-bond donors (Lipinski definition) is 2. The third-order valence-corrected chi connectivity index (χ3v) is 3.63. The lowest BCUT2D eigenvalue weighted by molar-refractivity contribution is -0.109. The summed E-state index contributed by atoms with van der Waals surface area (Å²) in [7, 11) is -0.453. The molecule has 4 heteroatoms. The SMILES string of the molecule is CC[S+](C(=N)CC(C)S)C(C)=O. The van der Waals surface area contributed by atoms with Crippen LogP contribution in [0, 0.1) is 5.41 Å². The van der Waals surface area contributed by atoms with E-state index in [1.54, 1.807) is 6.92 Å². The lowest BCUT2D eigenvalue weighted by Crippen LogP contribution is -2.25. The van der Waals surface area contributed by atoms with Gasteiger partial charge in [-0.25, -0.2) is 4.79 Å². The van der Waals surface area contributed by atoms with E-state index in [0.717, 1.165) is 5.75 Å². The summed E-state index contributed by atoms with van der Waals surface area (Å²) in [4.78, 5) is 11.0. The Hall–Kier alpha value is 0.0400. The number of carbonyl (C=O) groups excluding carboxylic acids is 1. The summed E-state index contributed by atoms with van der Waals surface area (Å²) >= 11 is 4.19. The van der Waals surface area contributed by atoms with Crippen LogP contribution in [-0.4, -0.2) is 21.2 Å². The first-order valence-corrected chi connectivity index (χ1v) is 5.87. The molecule has 1 N–H and O–H groups in total. The van der Waals surface area contributed by atoms with Crippen molar-refractivity contribution in [1.29, 1.82) is 5.41 Å². The van der Waals surface area contributed by atoms with Crippen LogP contribution < -0.4 is 0 Å². The average Bonchev–Trinajstić information content (AvgIpc) is 1.85. The molecular weight excluding hydrogens is 190 g/mol. The van der Waals surface area contributed by atoms with Crippen LogP contribution in [0.5, 0.6) is 0 Å². The van der Waals surface area contributed by atoms with Crippen LogP contribution >= 0.6 is 12.6 Å². The second-order valence-corrected chi connectivity index (χ2v) is 5.96. The first-order chi connectivity index (χ1) is 5.49. The summed E-state index contributed by atoms with van der Waals surface area (Å²) in [5.41, 5.74) is 0. The molecule has 2 atom stereocenters. The van der Waals surface area contributed by atoms with Crippen LogP contribution in [0.1, 0.15) is 27.2 Å². The van der Waals surface area contributed by atoms with E-state index in [9.17, 15) is 4.79 Å². The molecule has 0 saturated carbocycles. The first kappa shape index (κ1) is 12.0. The smallest absolute Gasteiger partial charge is 0.260 e. The number of hydrogen-bond acceptors (Lipinski definition) is 3. The molecule has 70 valence electrons. The number of thiol groups is 1. The van der Waals surface area contributed by atoms with Crippen molar-refractivity contribution in [3.8, 4) is 0 Å². The quantitative estimate of drug-likeness (QED) is 0.315. The molecule has 0 bridgehead atoms. The maximum Gasteiger partial charge on any atom is 0.334 e. The van der Waals surface area contributed by atoms with Crippen LogP contribution in [0.15, 0.2) is 0 Å². The summed E-state index contributed by atoms with van der Waals surface area (Å²) in [6, 6.07) is 0. The minimum absolute atomic E-state index is 0.122. The lowest BCUT2D eigenvalue weighted by atomic mass is 10.3. The zero-order valence-corrected chi connectivity index (χ0v) is 9.47. The number of carbonyl (C=O) groups is 1. The molecule has 0 amide bonds. The number of rotatable bonds is 3. The fraction of sp³-hybridized carbons (Fsp3) is 0.750. The zero-order chi connectivity index (χ0) is 9.72. The molecule has 12 heavy (non-hydrogen) atoms. The molecule has 0 spiro atoms. The predicted octanol–water partition coefficient (Wildman–Crippen LogP) is 1.86. The molecule has 0 rings (SSSR count). The van der Waals surface area contributed by atoms with Crippen molar-refractivity contribution in [2.75, 3.05) is 5.75 Å². The monoisotopic (exact) mass is 206 g/mol. The van der Waals surface area contributed by atoms with Gasteiger partial charge in [-0.1, -0.05) is 6.92 Å². The van der Waals surface area contributed by atoms with Crippen molar-refractivity contribution in [1.82, 2.24) is 0 Å². The van der Waals surface area contributed by atoms with Crippen molar-refractivity contribution in [2.45, 2.75) is 32.4 Å². The Bertz CT molecular complexity index is 180. The highest BCUT2D eigenvalue weighted by Crippen LogP contribution is 2.09. The van der Waals surface area contributed by atoms with Crippen LogP contribution in [0.3, 0.4) is 0 Å². The van der Waals surface area contributed by atoms with Crippen LogP contribution in [-0.2, 0) is 15.7 Å². The molecule has 0 aliphatic heterocycles. The van der Waals surface area contributed by atoms with Gasteiger partial charge in [-0.3, -0.25) is 5.41 Å². The summed E-state index contributed by atoms with van der Waals surface area (Å²) in [5, 5.41) is 8.50. The van der Waals surface area contributed by atoms with E-state index < -0.39 is 10.9 Å². The zero-order valence-electron chi connectivity index (χ0n) is 7.76. The van der Waals surface area contributed by atoms with Gasteiger partial charge in [0.2, 0.25) is 5.04 Å². The maximum atomic E-state index is 11.0. The van der Waals surface area contributed by atoms with E-state index in [2.05, 4.69) is 12.6 Å². The predicted molar refractivity (Wildman–Crippen MR) is 59.4 cm³/mol. The van der Waals surface area contributed by atoms with Crippen molar-refractivity contribution in [2.24, 2.45) is 0 Å². The van der Waals surface area contributed by atoms with Gasteiger partial charge in [-0.15, -0.1) is 0 Å². The highest BCUT2D eigenvalue weighted by Gasteiger charge is 2.29. The van der Waals surface area contributed by atoms with Crippen molar-refractivity contribution in [3.63, 3.8) is 0 Å². The minimum atomic E-state index is -0.453. The Morgan fingerprint density at radius 2 is 2.17 bits per heavy atom. The Labute approximate surface area is 82.4 Å². The molecule has 0 aliphatic rings. The van der Waals surface area contributed by atoms with Crippen LogP contribution in [0.25, 0.3) is 0 Å². The third kappa shape index (κ3) is 4.16. The standard InChI is InChI=1S/C8H15NOS2/c1-4-12(7(3)10)8(9)5-6(2)11/h6,9H,4-5H2,1-3H3/p+1. The molecule has 0 aromatic carbocycles. The highest BCUT2D eigenvalue weighted by molar-refractivity contribution is 8.23. The summed E-state index contributed by atoms with van der Waals surface area (Å²) < 4.78 is 0. The van der Waals surface area contributed by atoms with Gasteiger partial charge >= 0.3 is 5.12 Å².